The highest BCUT2D eigenvalue weighted by atomic mass is 32.2. The van der Waals surface area contributed by atoms with Gasteiger partial charge in [-0.25, -0.2) is 12.8 Å². The Morgan fingerprint density at radius 3 is 2.86 bits per heavy atom. The van der Waals surface area contributed by atoms with Crippen molar-refractivity contribution < 1.29 is 17.9 Å². The van der Waals surface area contributed by atoms with Gasteiger partial charge >= 0.3 is 0 Å². The first-order valence-corrected chi connectivity index (χ1v) is 8.55. The van der Waals surface area contributed by atoms with Gasteiger partial charge in [-0.2, -0.15) is 4.31 Å². The summed E-state index contributed by atoms with van der Waals surface area (Å²) in [6.45, 7) is 1.77. The Hall–Kier alpha value is -1.02. The van der Waals surface area contributed by atoms with Gasteiger partial charge in [0.05, 0.1) is 5.60 Å². The maximum atomic E-state index is 13.8. The van der Waals surface area contributed by atoms with Crippen molar-refractivity contribution in [2.75, 3.05) is 26.2 Å². The predicted molar refractivity (Wildman–Crippen MR) is 75.7 cm³/mol. The van der Waals surface area contributed by atoms with Gasteiger partial charge in [0.2, 0.25) is 10.0 Å². The Bertz CT molecular complexity index is 637. The highest BCUT2D eigenvalue weighted by Crippen LogP contribution is 2.35. The predicted octanol–water partition coefficient (Wildman–Crippen LogP) is 0.561. The molecular formula is C14H19FN2O3S. The van der Waals surface area contributed by atoms with E-state index in [4.69, 9.17) is 0 Å². The van der Waals surface area contributed by atoms with E-state index in [1.54, 1.807) is 0 Å². The molecule has 0 aromatic heterocycles. The second-order valence-corrected chi connectivity index (χ2v) is 7.70. The van der Waals surface area contributed by atoms with Gasteiger partial charge in [-0.1, -0.05) is 12.1 Å². The molecule has 0 spiro atoms. The van der Waals surface area contributed by atoms with Crippen molar-refractivity contribution in [3.8, 4) is 0 Å². The molecule has 5 nitrogen and oxygen atoms in total. The molecule has 0 unspecified atom stereocenters. The van der Waals surface area contributed by atoms with Crippen LogP contribution in [-0.2, 0) is 10.0 Å². The number of benzene rings is 1. The largest absolute Gasteiger partial charge is 0.389 e. The minimum absolute atomic E-state index is 0.151. The molecule has 2 N–H and O–H groups in total. The van der Waals surface area contributed by atoms with Crippen LogP contribution in [0.5, 0.6) is 0 Å². The summed E-state index contributed by atoms with van der Waals surface area (Å²) >= 11 is 0. The fourth-order valence-corrected chi connectivity index (χ4v) is 4.76. The zero-order valence-electron chi connectivity index (χ0n) is 11.6. The molecule has 0 saturated carbocycles. The molecule has 7 heteroatoms. The van der Waals surface area contributed by atoms with Crippen LogP contribution in [-0.4, -0.2) is 49.6 Å². The third-order valence-electron chi connectivity index (χ3n) is 4.56. The minimum Gasteiger partial charge on any atom is -0.389 e. The van der Waals surface area contributed by atoms with E-state index in [1.807, 2.05) is 0 Å². The fraction of sp³-hybridized carbons (Fsp3) is 0.571. The van der Waals surface area contributed by atoms with Crippen molar-refractivity contribution in [1.29, 1.82) is 0 Å². The van der Waals surface area contributed by atoms with E-state index in [1.165, 1.54) is 22.5 Å². The van der Waals surface area contributed by atoms with Crippen LogP contribution in [0.1, 0.15) is 12.8 Å². The first-order valence-electron chi connectivity index (χ1n) is 7.11. The molecule has 0 bridgehead atoms. The second-order valence-electron chi connectivity index (χ2n) is 5.80. The third kappa shape index (κ3) is 2.59. The Morgan fingerprint density at radius 1 is 1.33 bits per heavy atom. The number of nitrogens with one attached hydrogen (secondary N) is 1. The number of sulfonamides is 1. The molecule has 1 aromatic carbocycles. The standard InChI is InChI=1S/C14H19FN2O3S/c15-12-3-1-2-4-13(12)21(19,20)17-8-6-14(18)5-7-16-9-11(14)10-17/h1-4,11,16,18H,5-10H2/t11-,14-/m1/s1. The Kier molecular flexibility index (Phi) is 3.77. The summed E-state index contributed by atoms with van der Waals surface area (Å²) in [5.41, 5.74) is -0.799. The molecule has 2 fully saturated rings. The monoisotopic (exact) mass is 314 g/mol. The second kappa shape index (κ2) is 5.31. The fourth-order valence-electron chi connectivity index (χ4n) is 3.21. The zero-order chi connectivity index (χ0) is 15.1. The average Bonchev–Trinajstić information content (AvgIpc) is 2.46. The van der Waals surface area contributed by atoms with Gasteiger partial charge in [0.1, 0.15) is 10.7 Å². The van der Waals surface area contributed by atoms with Gasteiger partial charge in [-0.05, 0) is 31.5 Å². The van der Waals surface area contributed by atoms with E-state index in [2.05, 4.69) is 5.32 Å². The van der Waals surface area contributed by atoms with Crippen LogP contribution in [0, 0.1) is 11.7 Å². The van der Waals surface area contributed by atoms with E-state index in [0.29, 0.717) is 19.4 Å². The molecule has 0 aliphatic carbocycles. The van der Waals surface area contributed by atoms with Gasteiger partial charge in [0.25, 0.3) is 0 Å². The first kappa shape index (κ1) is 14.9. The minimum atomic E-state index is -3.85. The Balaban J connectivity index is 1.86. The number of nitrogens with zero attached hydrogens (tertiary/aromatic N) is 1. The van der Waals surface area contributed by atoms with Gasteiger partial charge in [0.15, 0.2) is 0 Å². The van der Waals surface area contributed by atoms with Crippen LogP contribution in [0.4, 0.5) is 4.39 Å². The molecule has 2 heterocycles. The molecule has 2 aliphatic rings. The lowest BCUT2D eigenvalue weighted by Crippen LogP contribution is -2.59. The maximum Gasteiger partial charge on any atom is 0.245 e. The summed E-state index contributed by atoms with van der Waals surface area (Å²) in [7, 11) is -3.85. The molecule has 2 atom stereocenters. The van der Waals surface area contributed by atoms with Gasteiger partial charge in [-0.15, -0.1) is 0 Å². The van der Waals surface area contributed by atoms with Crippen molar-refractivity contribution in [2.45, 2.75) is 23.3 Å². The van der Waals surface area contributed by atoms with Crippen LogP contribution in [0.15, 0.2) is 29.2 Å². The van der Waals surface area contributed by atoms with Gasteiger partial charge < -0.3 is 10.4 Å². The molecular weight excluding hydrogens is 295 g/mol. The van der Waals surface area contributed by atoms with Crippen LogP contribution < -0.4 is 5.32 Å². The summed E-state index contributed by atoms with van der Waals surface area (Å²) in [5.74, 6) is -0.887. The maximum absolute atomic E-state index is 13.8. The topological polar surface area (TPSA) is 69.6 Å². The quantitative estimate of drug-likeness (QED) is 0.837. The lowest BCUT2D eigenvalue weighted by Gasteiger charge is -2.46. The van der Waals surface area contributed by atoms with Crippen LogP contribution in [0.3, 0.4) is 0 Å². The molecule has 2 saturated heterocycles. The Morgan fingerprint density at radius 2 is 2.10 bits per heavy atom. The van der Waals surface area contributed by atoms with Crippen LogP contribution >= 0.6 is 0 Å². The number of hydrogen-bond acceptors (Lipinski definition) is 4. The molecule has 3 rings (SSSR count). The van der Waals surface area contributed by atoms with E-state index >= 15 is 0 Å². The van der Waals surface area contributed by atoms with Gasteiger partial charge in [-0.3, -0.25) is 0 Å². The summed E-state index contributed by atoms with van der Waals surface area (Å²) in [5, 5.41) is 13.7. The highest BCUT2D eigenvalue weighted by molar-refractivity contribution is 7.89. The van der Waals surface area contributed by atoms with E-state index in [9.17, 15) is 17.9 Å². The summed E-state index contributed by atoms with van der Waals surface area (Å²) in [4.78, 5) is -0.292. The summed E-state index contributed by atoms with van der Waals surface area (Å²) < 4.78 is 40.2. The normalized spacial score (nSPS) is 30.9. The molecule has 1 aromatic rings. The smallest absolute Gasteiger partial charge is 0.245 e. The average molecular weight is 314 g/mol. The number of aliphatic hydroxyl groups is 1. The lowest BCUT2D eigenvalue weighted by atomic mass is 9.77. The Labute approximate surface area is 123 Å². The van der Waals surface area contributed by atoms with E-state index in [0.717, 1.165) is 12.6 Å². The van der Waals surface area contributed by atoms with Crippen molar-refractivity contribution in [1.82, 2.24) is 9.62 Å². The first-order chi connectivity index (χ1) is 9.93. The van der Waals surface area contributed by atoms with Gasteiger partial charge in [0, 0.05) is 25.6 Å². The van der Waals surface area contributed by atoms with Crippen molar-refractivity contribution in [2.24, 2.45) is 5.92 Å². The van der Waals surface area contributed by atoms with Crippen molar-refractivity contribution >= 4 is 10.0 Å². The summed E-state index contributed by atoms with van der Waals surface area (Å²) in [6.07, 6.45) is 1.03. The third-order valence-corrected chi connectivity index (χ3v) is 6.46. The number of fused-ring (bicyclic) bond motifs is 1. The molecule has 116 valence electrons. The molecule has 21 heavy (non-hydrogen) atoms. The highest BCUT2D eigenvalue weighted by Gasteiger charge is 2.45. The van der Waals surface area contributed by atoms with E-state index < -0.39 is 21.4 Å². The zero-order valence-corrected chi connectivity index (χ0v) is 12.4. The van der Waals surface area contributed by atoms with Crippen LogP contribution in [0.2, 0.25) is 0 Å². The molecule has 0 amide bonds. The number of piperidine rings is 2. The molecule has 2 aliphatic heterocycles. The van der Waals surface area contributed by atoms with Crippen LogP contribution in [0.25, 0.3) is 0 Å². The summed E-state index contributed by atoms with van der Waals surface area (Å²) in [6, 6.07) is 5.41. The SMILES string of the molecule is O=S(=O)(c1ccccc1F)N1CC[C@]2(O)CCNC[C@@H]2C1. The van der Waals surface area contributed by atoms with Crippen molar-refractivity contribution in [3.05, 3.63) is 30.1 Å². The number of hydrogen-bond donors (Lipinski definition) is 2. The van der Waals surface area contributed by atoms with E-state index in [-0.39, 0.29) is 23.9 Å². The molecule has 0 radical (unpaired) electrons. The number of rotatable bonds is 2. The lowest BCUT2D eigenvalue weighted by molar-refractivity contribution is -0.0744. The van der Waals surface area contributed by atoms with Crippen molar-refractivity contribution in [3.63, 3.8) is 0 Å². The number of halogens is 1.